The Morgan fingerprint density at radius 1 is 0.667 bits per heavy atom. The third-order valence-electron chi connectivity index (χ3n) is 7.50. The van der Waals surface area contributed by atoms with E-state index in [2.05, 4.69) is 121 Å². The molecule has 0 heterocycles. The van der Waals surface area contributed by atoms with E-state index >= 15 is 0 Å². The number of aryl methyl sites for hydroxylation is 1. The lowest BCUT2D eigenvalue weighted by molar-refractivity contribution is 0.0524. The summed E-state index contributed by atoms with van der Waals surface area (Å²) in [5.74, 6) is 0. The highest BCUT2D eigenvalue weighted by molar-refractivity contribution is 5.24. The predicted molar refractivity (Wildman–Crippen MR) is 171 cm³/mol. The lowest BCUT2D eigenvalue weighted by Gasteiger charge is -2.31. The second-order valence-electron chi connectivity index (χ2n) is 14.6. The van der Waals surface area contributed by atoms with Crippen molar-refractivity contribution in [1.29, 1.82) is 0 Å². The second kappa shape index (κ2) is 15.9. The van der Waals surface area contributed by atoms with Crippen molar-refractivity contribution in [2.45, 2.75) is 125 Å². The van der Waals surface area contributed by atoms with Crippen LogP contribution in [-0.4, -0.2) is 31.3 Å². The Kier molecular flexibility index (Phi) is 13.7. The standard InChI is InChI=1S/C36H60N2O/c1-29(2)37-24-11-10-12-30-13-17-32(18-14-30)26-35(6,7)22-23-36(8,9)28-39-25-21-31-15-19-33(20-16-31)27-38-34(3,4)5/h13-20,29,37-38H,10-12,21-28H2,1-9H3. The molecule has 0 aliphatic heterocycles. The van der Waals surface area contributed by atoms with E-state index in [-0.39, 0.29) is 16.4 Å². The summed E-state index contributed by atoms with van der Waals surface area (Å²) in [5, 5.41) is 7.06. The molecule has 0 aliphatic rings. The Labute approximate surface area is 241 Å². The van der Waals surface area contributed by atoms with Crippen molar-refractivity contribution in [3.8, 4) is 0 Å². The van der Waals surface area contributed by atoms with Crippen LogP contribution in [-0.2, 0) is 30.5 Å². The van der Waals surface area contributed by atoms with Gasteiger partial charge in [0.1, 0.15) is 0 Å². The van der Waals surface area contributed by atoms with Gasteiger partial charge in [0.25, 0.3) is 0 Å². The van der Waals surface area contributed by atoms with E-state index in [1.165, 1.54) is 54.4 Å². The van der Waals surface area contributed by atoms with Gasteiger partial charge in [0.2, 0.25) is 0 Å². The monoisotopic (exact) mass is 536 g/mol. The van der Waals surface area contributed by atoms with Gasteiger partial charge in [-0.05, 0) is 105 Å². The van der Waals surface area contributed by atoms with Crippen molar-refractivity contribution in [3.05, 3.63) is 70.8 Å². The number of benzene rings is 2. The number of ether oxygens (including phenoxy) is 1. The maximum absolute atomic E-state index is 6.16. The summed E-state index contributed by atoms with van der Waals surface area (Å²) >= 11 is 0. The van der Waals surface area contributed by atoms with Gasteiger partial charge in [-0.1, -0.05) is 90.1 Å². The van der Waals surface area contributed by atoms with Gasteiger partial charge in [0.15, 0.2) is 0 Å². The number of hydrogen-bond donors (Lipinski definition) is 2. The molecule has 220 valence electrons. The highest BCUT2D eigenvalue weighted by Crippen LogP contribution is 2.34. The molecule has 0 unspecified atom stereocenters. The maximum Gasteiger partial charge on any atom is 0.0517 e. The van der Waals surface area contributed by atoms with Crippen molar-refractivity contribution < 1.29 is 4.74 Å². The fourth-order valence-corrected chi connectivity index (χ4v) is 4.79. The maximum atomic E-state index is 6.16. The average Bonchev–Trinajstić information content (AvgIpc) is 2.85. The van der Waals surface area contributed by atoms with Crippen LogP contribution in [0.3, 0.4) is 0 Å². The van der Waals surface area contributed by atoms with E-state index in [1.54, 1.807) is 0 Å². The minimum atomic E-state index is 0.144. The number of rotatable bonds is 18. The van der Waals surface area contributed by atoms with Crippen molar-refractivity contribution in [2.75, 3.05) is 19.8 Å². The fraction of sp³-hybridized carbons (Fsp3) is 0.667. The molecule has 3 nitrogen and oxygen atoms in total. The van der Waals surface area contributed by atoms with Gasteiger partial charge >= 0.3 is 0 Å². The van der Waals surface area contributed by atoms with Gasteiger partial charge in [-0.2, -0.15) is 0 Å². The summed E-state index contributed by atoms with van der Waals surface area (Å²) in [7, 11) is 0. The first-order valence-corrected chi connectivity index (χ1v) is 15.4. The van der Waals surface area contributed by atoms with Gasteiger partial charge in [0.05, 0.1) is 13.2 Å². The average molecular weight is 537 g/mol. The number of unbranched alkanes of at least 4 members (excludes halogenated alkanes) is 1. The van der Waals surface area contributed by atoms with Gasteiger partial charge in [-0.25, -0.2) is 0 Å². The van der Waals surface area contributed by atoms with Crippen LogP contribution in [0.15, 0.2) is 48.5 Å². The Balaban J connectivity index is 1.67. The Morgan fingerprint density at radius 2 is 1.21 bits per heavy atom. The molecule has 39 heavy (non-hydrogen) atoms. The summed E-state index contributed by atoms with van der Waals surface area (Å²) in [5.41, 5.74) is 6.22. The van der Waals surface area contributed by atoms with E-state index in [4.69, 9.17) is 4.74 Å². The normalized spacial score (nSPS) is 12.9. The Hall–Kier alpha value is -1.68. The summed E-state index contributed by atoms with van der Waals surface area (Å²) in [6, 6.07) is 18.9. The molecular weight excluding hydrogens is 476 g/mol. The quantitative estimate of drug-likeness (QED) is 0.187. The molecule has 2 aromatic carbocycles. The van der Waals surface area contributed by atoms with E-state index in [0.717, 1.165) is 39.1 Å². The first-order valence-electron chi connectivity index (χ1n) is 15.4. The zero-order chi connectivity index (χ0) is 28.9. The van der Waals surface area contributed by atoms with Crippen LogP contribution in [0.25, 0.3) is 0 Å². The molecule has 0 atom stereocenters. The second-order valence-corrected chi connectivity index (χ2v) is 14.6. The summed E-state index contributed by atoms with van der Waals surface area (Å²) in [6.45, 7) is 24.2. The lowest BCUT2D eigenvalue weighted by Crippen LogP contribution is -2.35. The van der Waals surface area contributed by atoms with Gasteiger partial charge in [-0.3, -0.25) is 0 Å². The van der Waals surface area contributed by atoms with Crippen LogP contribution in [0, 0.1) is 10.8 Å². The SMILES string of the molecule is CC(C)NCCCCc1ccc(CC(C)(C)CCC(C)(C)COCCc2ccc(CNC(C)(C)C)cc2)cc1. The molecule has 0 aromatic heterocycles. The van der Waals surface area contributed by atoms with Crippen LogP contribution in [0.1, 0.15) is 110 Å². The molecule has 0 radical (unpaired) electrons. The minimum absolute atomic E-state index is 0.144. The largest absolute Gasteiger partial charge is 0.381 e. The zero-order valence-corrected chi connectivity index (χ0v) is 26.9. The minimum Gasteiger partial charge on any atom is -0.381 e. The van der Waals surface area contributed by atoms with Crippen LogP contribution in [0.5, 0.6) is 0 Å². The highest BCUT2D eigenvalue weighted by atomic mass is 16.5. The van der Waals surface area contributed by atoms with Gasteiger partial charge < -0.3 is 15.4 Å². The molecule has 2 rings (SSSR count). The van der Waals surface area contributed by atoms with Gasteiger partial charge in [-0.15, -0.1) is 0 Å². The van der Waals surface area contributed by atoms with Crippen LogP contribution >= 0.6 is 0 Å². The zero-order valence-electron chi connectivity index (χ0n) is 26.9. The van der Waals surface area contributed by atoms with E-state index in [1.807, 2.05) is 0 Å². The van der Waals surface area contributed by atoms with E-state index in [0.29, 0.717) is 6.04 Å². The third kappa shape index (κ3) is 15.6. The topological polar surface area (TPSA) is 33.3 Å². The van der Waals surface area contributed by atoms with Crippen molar-refractivity contribution in [2.24, 2.45) is 10.8 Å². The molecule has 0 fully saturated rings. The number of nitrogens with one attached hydrogen (secondary N) is 2. The summed E-state index contributed by atoms with van der Waals surface area (Å²) in [4.78, 5) is 0. The first-order chi connectivity index (χ1) is 18.2. The molecule has 0 saturated carbocycles. The van der Waals surface area contributed by atoms with Crippen molar-refractivity contribution in [1.82, 2.24) is 10.6 Å². The van der Waals surface area contributed by atoms with Crippen molar-refractivity contribution in [3.63, 3.8) is 0 Å². The number of hydrogen-bond acceptors (Lipinski definition) is 3. The summed E-state index contributed by atoms with van der Waals surface area (Å²) in [6.07, 6.45) is 8.16. The highest BCUT2D eigenvalue weighted by Gasteiger charge is 2.25. The summed E-state index contributed by atoms with van der Waals surface area (Å²) < 4.78 is 6.16. The van der Waals surface area contributed by atoms with Crippen molar-refractivity contribution >= 4 is 0 Å². The molecule has 2 aromatic rings. The third-order valence-corrected chi connectivity index (χ3v) is 7.50. The first kappa shape index (κ1) is 33.5. The smallest absolute Gasteiger partial charge is 0.0517 e. The molecule has 0 amide bonds. The van der Waals surface area contributed by atoms with Gasteiger partial charge in [0, 0.05) is 18.1 Å². The molecule has 0 bridgehead atoms. The Morgan fingerprint density at radius 3 is 1.79 bits per heavy atom. The fourth-order valence-electron chi connectivity index (χ4n) is 4.79. The molecule has 0 aliphatic carbocycles. The molecular formula is C36H60N2O. The van der Waals surface area contributed by atoms with Crippen LogP contribution in [0.2, 0.25) is 0 Å². The van der Waals surface area contributed by atoms with Crippen LogP contribution in [0.4, 0.5) is 0 Å². The molecule has 3 heteroatoms. The predicted octanol–water partition coefficient (Wildman–Crippen LogP) is 8.53. The Bertz CT molecular complexity index is 920. The molecule has 0 spiro atoms. The van der Waals surface area contributed by atoms with E-state index in [9.17, 15) is 0 Å². The lowest BCUT2D eigenvalue weighted by atomic mass is 9.76. The van der Waals surface area contributed by atoms with Crippen LogP contribution < -0.4 is 10.6 Å². The molecule has 2 N–H and O–H groups in total. The van der Waals surface area contributed by atoms with E-state index < -0.39 is 0 Å². The molecule has 0 saturated heterocycles.